The Kier molecular flexibility index (Phi) is 3.68. The highest BCUT2D eigenvalue weighted by Gasteiger charge is 2.15. The average Bonchev–Trinajstić information content (AvgIpc) is 2.48. The molecule has 2 N–H and O–H groups in total. The number of hydrogen-bond acceptors (Lipinski definition) is 3. The monoisotopic (exact) mass is 333 g/mol. The molecule has 0 amide bonds. The molecule has 3 aromatic carbocycles. The molecule has 0 heterocycles. The standard InChI is InChI=1S/C16H12ClNO3S/c17-11-7-9-12(10-8-11)22(20,21)18-15-5-1-4-14-13(15)3-2-6-16(14)19/h1-10,18-19H. The number of anilines is 1. The Bertz CT molecular complexity index is 937. The van der Waals surface area contributed by atoms with Gasteiger partial charge in [0.15, 0.2) is 0 Å². The number of phenols is 1. The predicted octanol–water partition coefficient (Wildman–Crippen LogP) is 4.00. The van der Waals surface area contributed by atoms with Crippen LogP contribution in [0.3, 0.4) is 0 Å². The van der Waals surface area contributed by atoms with Gasteiger partial charge in [-0.05, 0) is 36.4 Å². The van der Waals surface area contributed by atoms with Crippen LogP contribution in [-0.2, 0) is 10.0 Å². The van der Waals surface area contributed by atoms with Gasteiger partial charge in [0.2, 0.25) is 0 Å². The summed E-state index contributed by atoms with van der Waals surface area (Å²) in [5, 5.41) is 11.5. The lowest BCUT2D eigenvalue weighted by Gasteiger charge is -2.11. The quantitative estimate of drug-likeness (QED) is 0.761. The molecule has 0 atom stereocenters. The molecule has 0 unspecified atom stereocenters. The maximum absolute atomic E-state index is 12.4. The van der Waals surface area contributed by atoms with Crippen LogP contribution in [-0.4, -0.2) is 13.5 Å². The first-order valence-electron chi connectivity index (χ1n) is 6.46. The third-order valence-electron chi connectivity index (χ3n) is 3.27. The summed E-state index contributed by atoms with van der Waals surface area (Å²) in [7, 11) is -3.72. The van der Waals surface area contributed by atoms with E-state index in [1.165, 1.54) is 24.3 Å². The largest absolute Gasteiger partial charge is 0.507 e. The van der Waals surface area contributed by atoms with E-state index in [2.05, 4.69) is 4.72 Å². The summed E-state index contributed by atoms with van der Waals surface area (Å²) in [5.74, 6) is 0.102. The second kappa shape index (κ2) is 5.51. The molecule has 22 heavy (non-hydrogen) atoms. The number of nitrogens with one attached hydrogen (secondary N) is 1. The van der Waals surface area contributed by atoms with Crippen molar-refractivity contribution in [1.29, 1.82) is 0 Å². The lowest BCUT2D eigenvalue weighted by atomic mass is 10.1. The zero-order valence-electron chi connectivity index (χ0n) is 11.3. The Labute approximate surface area is 133 Å². The molecule has 0 aliphatic heterocycles. The van der Waals surface area contributed by atoms with Gasteiger partial charge in [-0.3, -0.25) is 4.72 Å². The number of sulfonamides is 1. The third-order valence-corrected chi connectivity index (χ3v) is 4.90. The topological polar surface area (TPSA) is 66.4 Å². The van der Waals surface area contributed by atoms with E-state index in [-0.39, 0.29) is 10.6 Å². The lowest BCUT2D eigenvalue weighted by Crippen LogP contribution is -2.13. The highest BCUT2D eigenvalue weighted by atomic mass is 35.5. The second-order valence-corrected chi connectivity index (χ2v) is 6.86. The molecule has 0 aromatic heterocycles. The molecule has 0 fully saturated rings. The van der Waals surface area contributed by atoms with Crippen LogP contribution >= 0.6 is 11.6 Å². The van der Waals surface area contributed by atoms with Crippen molar-refractivity contribution < 1.29 is 13.5 Å². The minimum absolute atomic E-state index is 0.102. The van der Waals surface area contributed by atoms with Gasteiger partial charge in [0, 0.05) is 15.8 Å². The van der Waals surface area contributed by atoms with E-state index in [0.29, 0.717) is 21.5 Å². The summed E-state index contributed by atoms with van der Waals surface area (Å²) >= 11 is 5.77. The van der Waals surface area contributed by atoms with E-state index in [1.807, 2.05) is 0 Å². The molecule has 4 nitrogen and oxygen atoms in total. The van der Waals surface area contributed by atoms with Crippen molar-refractivity contribution in [2.24, 2.45) is 0 Å². The van der Waals surface area contributed by atoms with Gasteiger partial charge in [-0.1, -0.05) is 35.9 Å². The molecule has 0 spiro atoms. The van der Waals surface area contributed by atoms with Gasteiger partial charge < -0.3 is 5.11 Å². The molecule has 0 saturated carbocycles. The fraction of sp³-hybridized carbons (Fsp3) is 0. The summed E-state index contributed by atoms with van der Waals surface area (Å²) in [6, 6.07) is 15.9. The Hall–Kier alpha value is -2.24. The van der Waals surface area contributed by atoms with E-state index >= 15 is 0 Å². The van der Waals surface area contributed by atoms with E-state index < -0.39 is 10.0 Å². The number of benzene rings is 3. The molecule has 6 heteroatoms. The predicted molar refractivity (Wildman–Crippen MR) is 87.9 cm³/mol. The maximum Gasteiger partial charge on any atom is 0.261 e. The van der Waals surface area contributed by atoms with Gasteiger partial charge in [0.1, 0.15) is 5.75 Å². The van der Waals surface area contributed by atoms with Gasteiger partial charge in [-0.15, -0.1) is 0 Å². The van der Waals surface area contributed by atoms with Gasteiger partial charge in [-0.25, -0.2) is 8.42 Å². The number of phenolic OH excluding ortho intramolecular Hbond substituents is 1. The zero-order chi connectivity index (χ0) is 15.7. The summed E-state index contributed by atoms with van der Waals surface area (Å²) in [4.78, 5) is 0.119. The van der Waals surface area contributed by atoms with Crippen LogP contribution in [0, 0.1) is 0 Å². The van der Waals surface area contributed by atoms with Crippen LogP contribution in [0.25, 0.3) is 10.8 Å². The summed E-state index contributed by atoms with van der Waals surface area (Å²) in [5.41, 5.74) is 0.406. The maximum atomic E-state index is 12.4. The van der Waals surface area contributed by atoms with Crippen molar-refractivity contribution in [3.05, 3.63) is 65.7 Å². The van der Waals surface area contributed by atoms with Crippen molar-refractivity contribution in [3.8, 4) is 5.75 Å². The molecular formula is C16H12ClNO3S. The van der Waals surface area contributed by atoms with E-state index in [4.69, 9.17) is 11.6 Å². The SMILES string of the molecule is O=S(=O)(Nc1cccc2c(O)cccc12)c1ccc(Cl)cc1. The number of halogens is 1. The van der Waals surface area contributed by atoms with E-state index in [0.717, 1.165) is 0 Å². The van der Waals surface area contributed by atoms with Crippen molar-refractivity contribution >= 4 is 38.1 Å². The van der Waals surface area contributed by atoms with E-state index in [1.54, 1.807) is 36.4 Å². The molecule has 0 aliphatic carbocycles. The van der Waals surface area contributed by atoms with Gasteiger partial charge in [0.25, 0.3) is 10.0 Å². The van der Waals surface area contributed by atoms with Crippen LogP contribution in [0.2, 0.25) is 5.02 Å². The first-order chi connectivity index (χ1) is 10.5. The Balaban J connectivity index is 2.06. The number of fused-ring (bicyclic) bond motifs is 1. The first kappa shape index (κ1) is 14.7. The van der Waals surface area contributed by atoms with Crippen LogP contribution in [0.4, 0.5) is 5.69 Å². The lowest BCUT2D eigenvalue weighted by molar-refractivity contribution is 0.481. The third kappa shape index (κ3) is 2.73. The van der Waals surface area contributed by atoms with Gasteiger partial charge in [0.05, 0.1) is 10.6 Å². The normalized spacial score (nSPS) is 11.5. The van der Waals surface area contributed by atoms with Gasteiger partial charge >= 0.3 is 0 Å². The minimum Gasteiger partial charge on any atom is -0.507 e. The Morgan fingerprint density at radius 1 is 0.864 bits per heavy atom. The van der Waals surface area contributed by atoms with Crippen molar-refractivity contribution in [1.82, 2.24) is 0 Å². The smallest absolute Gasteiger partial charge is 0.261 e. The molecule has 0 bridgehead atoms. The molecule has 0 saturated heterocycles. The van der Waals surface area contributed by atoms with Gasteiger partial charge in [-0.2, -0.15) is 0 Å². The summed E-state index contributed by atoms with van der Waals surface area (Å²) < 4.78 is 27.4. The molecule has 112 valence electrons. The van der Waals surface area contributed by atoms with Crippen molar-refractivity contribution in [2.45, 2.75) is 4.90 Å². The van der Waals surface area contributed by atoms with E-state index in [9.17, 15) is 13.5 Å². The number of rotatable bonds is 3. The highest BCUT2D eigenvalue weighted by molar-refractivity contribution is 7.92. The second-order valence-electron chi connectivity index (χ2n) is 4.74. The molecule has 3 rings (SSSR count). The summed E-state index contributed by atoms with van der Waals surface area (Å²) in [6.07, 6.45) is 0. The van der Waals surface area contributed by atoms with Crippen molar-refractivity contribution in [3.63, 3.8) is 0 Å². The molecular weight excluding hydrogens is 322 g/mol. The first-order valence-corrected chi connectivity index (χ1v) is 8.32. The van der Waals surface area contributed by atoms with Crippen LogP contribution < -0.4 is 4.72 Å². The Morgan fingerprint density at radius 2 is 1.50 bits per heavy atom. The Morgan fingerprint density at radius 3 is 2.23 bits per heavy atom. The number of hydrogen-bond donors (Lipinski definition) is 2. The van der Waals surface area contributed by atoms with Crippen LogP contribution in [0.5, 0.6) is 5.75 Å². The highest BCUT2D eigenvalue weighted by Crippen LogP contribution is 2.31. The molecule has 0 radical (unpaired) electrons. The summed E-state index contributed by atoms with van der Waals surface area (Å²) in [6.45, 7) is 0. The molecule has 0 aliphatic rings. The molecule has 3 aromatic rings. The zero-order valence-corrected chi connectivity index (χ0v) is 12.9. The average molecular weight is 334 g/mol. The number of aromatic hydroxyl groups is 1. The van der Waals surface area contributed by atoms with Crippen LogP contribution in [0.1, 0.15) is 0 Å². The van der Waals surface area contributed by atoms with Crippen molar-refractivity contribution in [2.75, 3.05) is 4.72 Å². The fourth-order valence-corrected chi connectivity index (χ4v) is 3.41. The fourth-order valence-electron chi connectivity index (χ4n) is 2.20. The van der Waals surface area contributed by atoms with Crippen LogP contribution in [0.15, 0.2) is 65.6 Å². The minimum atomic E-state index is -3.72.